The lowest BCUT2D eigenvalue weighted by Gasteiger charge is -2.32. The molecule has 146 valence electrons. The van der Waals surface area contributed by atoms with Crippen LogP contribution < -0.4 is 4.90 Å². The molecule has 0 aromatic heterocycles. The van der Waals surface area contributed by atoms with Crippen LogP contribution in [0.3, 0.4) is 0 Å². The molecule has 28 heavy (non-hydrogen) atoms. The van der Waals surface area contributed by atoms with Crippen molar-refractivity contribution in [3.63, 3.8) is 0 Å². The molecule has 3 rings (SSSR count). The minimum atomic E-state index is -0.652. The lowest BCUT2D eigenvalue weighted by molar-refractivity contribution is -0.384. The van der Waals surface area contributed by atoms with Gasteiger partial charge in [-0.1, -0.05) is 24.3 Å². The summed E-state index contributed by atoms with van der Waals surface area (Å²) in [6, 6.07) is 12.0. The second kappa shape index (κ2) is 8.60. The Morgan fingerprint density at radius 3 is 2.43 bits per heavy atom. The van der Waals surface area contributed by atoms with E-state index in [2.05, 4.69) is 0 Å². The number of nitro groups is 1. The standard InChI is InChI=1S/C20H19FN2O5/c21-16-6-2-1-5-15(16)19(24)13-28-20(25)14-9-11-22(12-10-14)17-7-3-4-8-18(17)23(26)27/h1-8,14H,9-13H2. The van der Waals surface area contributed by atoms with E-state index in [9.17, 15) is 24.1 Å². The van der Waals surface area contributed by atoms with Crippen molar-refractivity contribution in [2.75, 3.05) is 24.6 Å². The number of anilines is 1. The Balaban J connectivity index is 1.54. The summed E-state index contributed by atoms with van der Waals surface area (Å²) in [7, 11) is 0. The Hall–Kier alpha value is -3.29. The molecule has 0 spiro atoms. The fourth-order valence-corrected chi connectivity index (χ4v) is 3.26. The van der Waals surface area contributed by atoms with Crippen LogP contribution in [0.15, 0.2) is 48.5 Å². The number of halogens is 1. The van der Waals surface area contributed by atoms with Crippen molar-refractivity contribution < 1.29 is 23.6 Å². The largest absolute Gasteiger partial charge is 0.457 e. The number of piperidine rings is 1. The zero-order chi connectivity index (χ0) is 20.1. The Labute approximate surface area is 160 Å². The fraction of sp³-hybridized carbons (Fsp3) is 0.300. The number of Topliss-reactive ketones (excluding diaryl/α,β-unsaturated/α-hetero) is 1. The lowest BCUT2D eigenvalue weighted by atomic mass is 9.96. The van der Waals surface area contributed by atoms with Crippen molar-refractivity contribution in [1.29, 1.82) is 0 Å². The molecule has 8 heteroatoms. The molecule has 1 saturated heterocycles. The zero-order valence-electron chi connectivity index (χ0n) is 15.0. The number of hydrogen-bond acceptors (Lipinski definition) is 6. The molecule has 0 atom stereocenters. The number of ether oxygens (including phenoxy) is 1. The molecule has 0 bridgehead atoms. The van der Waals surface area contributed by atoms with Crippen LogP contribution in [0.4, 0.5) is 15.8 Å². The maximum atomic E-state index is 13.6. The van der Waals surface area contributed by atoms with Crippen LogP contribution in [0, 0.1) is 21.8 Å². The SMILES string of the molecule is O=C(COC(=O)C1CCN(c2ccccc2[N+](=O)[O-])CC1)c1ccccc1F. The van der Waals surface area contributed by atoms with E-state index in [1.54, 1.807) is 18.2 Å². The number of carbonyl (C=O) groups excluding carboxylic acids is 2. The third kappa shape index (κ3) is 4.33. The topological polar surface area (TPSA) is 89.8 Å². The monoisotopic (exact) mass is 386 g/mol. The summed E-state index contributed by atoms with van der Waals surface area (Å²) in [5.41, 5.74) is 0.439. The lowest BCUT2D eigenvalue weighted by Crippen LogP contribution is -2.37. The molecule has 7 nitrogen and oxygen atoms in total. The minimum Gasteiger partial charge on any atom is -0.457 e. The molecule has 0 aliphatic carbocycles. The van der Waals surface area contributed by atoms with Gasteiger partial charge in [-0.2, -0.15) is 0 Å². The first-order chi connectivity index (χ1) is 13.5. The molecule has 1 heterocycles. The van der Waals surface area contributed by atoms with Crippen molar-refractivity contribution in [3.8, 4) is 0 Å². The van der Waals surface area contributed by atoms with Gasteiger partial charge >= 0.3 is 5.97 Å². The summed E-state index contributed by atoms with van der Waals surface area (Å²) in [5.74, 6) is -2.15. The molecule has 1 aliphatic rings. The Morgan fingerprint density at radius 2 is 1.75 bits per heavy atom. The summed E-state index contributed by atoms with van der Waals surface area (Å²) < 4.78 is 18.7. The van der Waals surface area contributed by atoms with Crippen molar-refractivity contribution >= 4 is 23.1 Å². The van der Waals surface area contributed by atoms with E-state index in [-0.39, 0.29) is 11.3 Å². The van der Waals surface area contributed by atoms with Gasteiger partial charge in [0.25, 0.3) is 5.69 Å². The van der Waals surface area contributed by atoms with Crippen molar-refractivity contribution in [2.45, 2.75) is 12.8 Å². The van der Waals surface area contributed by atoms with E-state index in [0.29, 0.717) is 31.6 Å². The van der Waals surface area contributed by atoms with Gasteiger partial charge in [-0.25, -0.2) is 4.39 Å². The van der Waals surface area contributed by atoms with E-state index < -0.39 is 35.0 Å². The predicted octanol–water partition coefficient (Wildman–Crippen LogP) is 3.38. The number of carbonyl (C=O) groups is 2. The molecule has 1 fully saturated rings. The van der Waals surface area contributed by atoms with Crippen LogP contribution in [0.5, 0.6) is 0 Å². The Morgan fingerprint density at radius 1 is 1.11 bits per heavy atom. The summed E-state index contributed by atoms with van der Waals surface area (Å²) in [6.07, 6.45) is 0.914. The Bertz CT molecular complexity index is 894. The molecular formula is C20H19FN2O5. The van der Waals surface area contributed by atoms with E-state index in [0.717, 1.165) is 0 Å². The number of ketones is 1. The van der Waals surface area contributed by atoms with Gasteiger partial charge in [-0.05, 0) is 31.0 Å². The van der Waals surface area contributed by atoms with Crippen molar-refractivity contribution in [2.24, 2.45) is 5.92 Å². The first kappa shape index (κ1) is 19.5. The van der Waals surface area contributed by atoms with Gasteiger partial charge in [0.2, 0.25) is 5.78 Å². The van der Waals surface area contributed by atoms with E-state index in [1.165, 1.54) is 30.3 Å². The third-order valence-corrected chi connectivity index (χ3v) is 4.77. The summed E-state index contributed by atoms with van der Waals surface area (Å²) in [6.45, 7) is 0.419. The average Bonchev–Trinajstić information content (AvgIpc) is 2.72. The quantitative estimate of drug-likeness (QED) is 0.327. The van der Waals surface area contributed by atoms with Crippen LogP contribution >= 0.6 is 0 Å². The first-order valence-electron chi connectivity index (χ1n) is 8.90. The van der Waals surface area contributed by atoms with Crippen LogP contribution in [-0.4, -0.2) is 36.4 Å². The number of rotatable bonds is 6. The van der Waals surface area contributed by atoms with Crippen molar-refractivity contribution in [3.05, 3.63) is 70.0 Å². The molecule has 0 amide bonds. The third-order valence-electron chi connectivity index (χ3n) is 4.77. The maximum absolute atomic E-state index is 13.6. The predicted molar refractivity (Wildman–Crippen MR) is 99.7 cm³/mol. The van der Waals surface area contributed by atoms with E-state index in [1.807, 2.05) is 4.90 Å². The number of para-hydroxylation sites is 2. The van der Waals surface area contributed by atoms with E-state index >= 15 is 0 Å². The molecule has 0 radical (unpaired) electrons. The molecular weight excluding hydrogens is 367 g/mol. The Kier molecular flexibility index (Phi) is 5.98. The average molecular weight is 386 g/mol. The highest BCUT2D eigenvalue weighted by Crippen LogP contribution is 2.31. The summed E-state index contributed by atoms with van der Waals surface area (Å²) in [5, 5.41) is 11.2. The number of nitro benzene ring substituents is 1. The van der Waals surface area contributed by atoms with Crippen molar-refractivity contribution in [1.82, 2.24) is 0 Å². The van der Waals surface area contributed by atoms with Gasteiger partial charge in [0, 0.05) is 19.2 Å². The minimum absolute atomic E-state index is 0.0269. The summed E-state index contributed by atoms with van der Waals surface area (Å²) in [4.78, 5) is 36.9. The number of nitrogens with zero attached hydrogens (tertiary/aromatic N) is 2. The van der Waals surface area contributed by atoms with Crippen LogP contribution in [0.1, 0.15) is 23.2 Å². The zero-order valence-corrected chi connectivity index (χ0v) is 15.0. The summed E-state index contributed by atoms with van der Waals surface area (Å²) >= 11 is 0. The molecule has 0 unspecified atom stereocenters. The van der Waals surface area contributed by atoms with Gasteiger partial charge in [0.05, 0.1) is 16.4 Å². The molecule has 1 aliphatic heterocycles. The van der Waals surface area contributed by atoms with Gasteiger partial charge in [0.1, 0.15) is 11.5 Å². The van der Waals surface area contributed by atoms with Gasteiger partial charge in [-0.15, -0.1) is 0 Å². The maximum Gasteiger partial charge on any atom is 0.309 e. The molecule has 0 N–H and O–H groups in total. The smallest absolute Gasteiger partial charge is 0.309 e. The number of hydrogen-bond donors (Lipinski definition) is 0. The van der Waals surface area contributed by atoms with Gasteiger partial charge < -0.3 is 9.64 Å². The second-order valence-electron chi connectivity index (χ2n) is 6.52. The molecule has 0 saturated carbocycles. The highest BCUT2D eigenvalue weighted by molar-refractivity contribution is 5.98. The number of benzene rings is 2. The first-order valence-corrected chi connectivity index (χ1v) is 8.90. The normalized spacial score (nSPS) is 14.5. The molecule has 2 aromatic carbocycles. The van der Waals surface area contributed by atoms with E-state index in [4.69, 9.17) is 4.74 Å². The van der Waals surface area contributed by atoms with Gasteiger partial charge in [-0.3, -0.25) is 19.7 Å². The van der Waals surface area contributed by atoms with Gasteiger partial charge in [0.15, 0.2) is 6.61 Å². The van der Waals surface area contributed by atoms with Crippen LogP contribution in [0.25, 0.3) is 0 Å². The fourth-order valence-electron chi connectivity index (χ4n) is 3.26. The number of esters is 1. The highest BCUT2D eigenvalue weighted by atomic mass is 19.1. The van der Waals surface area contributed by atoms with Crippen LogP contribution in [0.2, 0.25) is 0 Å². The van der Waals surface area contributed by atoms with Crippen LogP contribution in [-0.2, 0) is 9.53 Å². The highest BCUT2D eigenvalue weighted by Gasteiger charge is 2.29. The molecule has 2 aromatic rings. The second-order valence-corrected chi connectivity index (χ2v) is 6.52.